The Morgan fingerprint density at radius 2 is 2.32 bits per heavy atom. The van der Waals surface area contributed by atoms with Crippen LogP contribution >= 0.6 is 11.3 Å². The van der Waals surface area contributed by atoms with Crippen LogP contribution in [-0.2, 0) is 13.5 Å². The highest BCUT2D eigenvalue weighted by Gasteiger charge is 2.31. The van der Waals surface area contributed by atoms with Crippen LogP contribution in [0.3, 0.4) is 0 Å². The summed E-state index contributed by atoms with van der Waals surface area (Å²) in [7, 11) is 1.92. The molecular weight excluding hydrogens is 256 g/mol. The van der Waals surface area contributed by atoms with E-state index in [2.05, 4.69) is 18.4 Å². The summed E-state index contributed by atoms with van der Waals surface area (Å²) in [6, 6.07) is 6.24. The molecule has 1 amide bonds. The number of amides is 1. The molecule has 0 fully saturated rings. The maximum atomic E-state index is 12.7. The van der Waals surface area contributed by atoms with Gasteiger partial charge in [0.15, 0.2) is 0 Å². The maximum Gasteiger partial charge on any atom is 0.270 e. The van der Waals surface area contributed by atoms with Crippen molar-refractivity contribution in [2.24, 2.45) is 7.05 Å². The standard InChI is InChI=1S/C15H18N2OS/c1-3-12-11-7-10-19-14(11)6-9-17(12)15(18)13-5-4-8-16(13)2/h4-5,7-8,10,12H,3,6,9H2,1-2H3. The summed E-state index contributed by atoms with van der Waals surface area (Å²) in [6.07, 6.45) is 3.88. The van der Waals surface area contributed by atoms with Crippen LogP contribution in [0.25, 0.3) is 0 Å². The van der Waals surface area contributed by atoms with Gasteiger partial charge >= 0.3 is 0 Å². The number of aryl methyl sites for hydroxylation is 1. The van der Waals surface area contributed by atoms with Gasteiger partial charge in [-0.2, -0.15) is 0 Å². The number of carbonyl (C=O) groups is 1. The van der Waals surface area contributed by atoms with E-state index in [1.165, 1.54) is 10.4 Å². The smallest absolute Gasteiger partial charge is 0.270 e. The zero-order chi connectivity index (χ0) is 13.4. The molecule has 0 saturated carbocycles. The second-order valence-electron chi connectivity index (χ2n) is 4.98. The van der Waals surface area contributed by atoms with E-state index in [0.29, 0.717) is 0 Å². The third-order valence-corrected chi connectivity index (χ3v) is 4.90. The van der Waals surface area contributed by atoms with Crippen molar-refractivity contribution in [3.8, 4) is 0 Å². The monoisotopic (exact) mass is 274 g/mol. The van der Waals surface area contributed by atoms with Gasteiger partial charge in [-0.05, 0) is 42.0 Å². The largest absolute Gasteiger partial charge is 0.347 e. The topological polar surface area (TPSA) is 25.2 Å². The van der Waals surface area contributed by atoms with Gasteiger partial charge < -0.3 is 9.47 Å². The molecule has 3 heterocycles. The molecule has 19 heavy (non-hydrogen) atoms. The molecular formula is C15H18N2OS. The Balaban J connectivity index is 1.94. The van der Waals surface area contributed by atoms with Crippen molar-refractivity contribution in [2.45, 2.75) is 25.8 Å². The van der Waals surface area contributed by atoms with Crippen LogP contribution in [0, 0.1) is 0 Å². The number of nitrogens with zero attached hydrogens (tertiary/aromatic N) is 2. The number of carbonyl (C=O) groups excluding carboxylic acids is 1. The van der Waals surface area contributed by atoms with Crippen LogP contribution in [-0.4, -0.2) is 21.9 Å². The number of aromatic nitrogens is 1. The highest BCUT2D eigenvalue weighted by molar-refractivity contribution is 7.10. The molecule has 2 aromatic rings. The predicted octanol–water partition coefficient (Wildman–Crippen LogP) is 3.24. The lowest BCUT2D eigenvalue weighted by Gasteiger charge is -2.35. The van der Waals surface area contributed by atoms with Crippen molar-refractivity contribution in [3.05, 3.63) is 45.9 Å². The molecule has 100 valence electrons. The first-order chi connectivity index (χ1) is 9.22. The van der Waals surface area contributed by atoms with Crippen LogP contribution in [0.5, 0.6) is 0 Å². The molecule has 2 aromatic heterocycles. The maximum absolute atomic E-state index is 12.7. The van der Waals surface area contributed by atoms with Gasteiger partial charge in [0.1, 0.15) is 5.69 Å². The lowest BCUT2D eigenvalue weighted by atomic mass is 9.97. The molecule has 1 unspecified atom stereocenters. The van der Waals surface area contributed by atoms with Crippen molar-refractivity contribution in [1.82, 2.24) is 9.47 Å². The normalized spacial score (nSPS) is 18.4. The van der Waals surface area contributed by atoms with Crippen molar-refractivity contribution < 1.29 is 4.79 Å². The van der Waals surface area contributed by atoms with Gasteiger partial charge in [0.05, 0.1) is 6.04 Å². The number of thiophene rings is 1. The Kier molecular flexibility index (Phi) is 3.19. The molecule has 0 spiro atoms. The fourth-order valence-corrected chi connectivity index (χ4v) is 3.84. The van der Waals surface area contributed by atoms with Crippen LogP contribution in [0.4, 0.5) is 0 Å². The van der Waals surface area contributed by atoms with Gasteiger partial charge in [-0.1, -0.05) is 6.92 Å². The summed E-state index contributed by atoms with van der Waals surface area (Å²) in [5.41, 5.74) is 2.12. The van der Waals surface area contributed by atoms with Gasteiger partial charge in [0.25, 0.3) is 5.91 Å². The summed E-state index contributed by atoms with van der Waals surface area (Å²) in [5.74, 6) is 0.149. The molecule has 0 aliphatic carbocycles. The molecule has 3 rings (SSSR count). The second kappa shape index (κ2) is 4.85. The molecule has 0 saturated heterocycles. The summed E-state index contributed by atoms with van der Waals surface area (Å²) < 4.78 is 1.90. The first-order valence-electron chi connectivity index (χ1n) is 6.71. The highest BCUT2D eigenvalue weighted by Crippen LogP contribution is 2.35. The van der Waals surface area contributed by atoms with Crippen LogP contribution in [0.2, 0.25) is 0 Å². The number of fused-ring (bicyclic) bond motifs is 1. The molecule has 0 N–H and O–H groups in total. The Morgan fingerprint density at radius 3 is 3.00 bits per heavy atom. The van der Waals surface area contributed by atoms with E-state index in [4.69, 9.17) is 0 Å². The van der Waals surface area contributed by atoms with Crippen molar-refractivity contribution in [2.75, 3.05) is 6.54 Å². The van der Waals surface area contributed by atoms with E-state index in [-0.39, 0.29) is 11.9 Å². The summed E-state index contributed by atoms with van der Waals surface area (Å²) in [4.78, 5) is 16.2. The van der Waals surface area contributed by atoms with Gasteiger partial charge in [0.2, 0.25) is 0 Å². The molecule has 4 heteroatoms. The quantitative estimate of drug-likeness (QED) is 0.825. The van der Waals surface area contributed by atoms with Crippen molar-refractivity contribution >= 4 is 17.2 Å². The fraction of sp³-hybridized carbons (Fsp3) is 0.400. The minimum atomic E-state index is 0.149. The Bertz CT molecular complexity index is 599. The van der Waals surface area contributed by atoms with Crippen LogP contribution in [0.1, 0.15) is 40.3 Å². The van der Waals surface area contributed by atoms with Crippen LogP contribution in [0.15, 0.2) is 29.8 Å². The number of rotatable bonds is 2. The first kappa shape index (κ1) is 12.5. The van der Waals surface area contributed by atoms with Gasteiger partial charge in [-0.15, -0.1) is 11.3 Å². The highest BCUT2D eigenvalue weighted by atomic mass is 32.1. The van der Waals surface area contributed by atoms with E-state index in [0.717, 1.165) is 25.1 Å². The summed E-state index contributed by atoms with van der Waals surface area (Å²) in [5, 5.41) is 2.14. The molecule has 0 radical (unpaired) electrons. The average Bonchev–Trinajstić information content (AvgIpc) is 3.04. The molecule has 1 atom stereocenters. The van der Waals surface area contributed by atoms with Gasteiger partial charge in [0, 0.05) is 24.7 Å². The molecule has 1 aliphatic heterocycles. The second-order valence-corrected chi connectivity index (χ2v) is 5.98. The first-order valence-corrected chi connectivity index (χ1v) is 7.59. The molecule has 1 aliphatic rings. The zero-order valence-electron chi connectivity index (χ0n) is 11.3. The van der Waals surface area contributed by atoms with Gasteiger partial charge in [-0.25, -0.2) is 0 Å². The van der Waals surface area contributed by atoms with Crippen molar-refractivity contribution in [1.29, 1.82) is 0 Å². The molecule has 0 aromatic carbocycles. The lowest BCUT2D eigenvalue weighted by Crippen LogP contribution is -2.40. The third kappa shape index (κ3) is 2.00. The van der Waals surface area contributed by atoms with E-state index >= 15 is 0 Å². The molecule has 0 bridgehead atoms. The number of hydrogen-bond donors (Lipinski definition) is 0. The Morgan fingerprint density at radius 1 is 1.47 bits per heavy atom. The van der Waals surface area contributed by atoms with Gasteiger partial charge in [-0.3, -0.25) is 4.79 Å². The minimum absolute atomic E-state index is 0.149. The Hall–Kier alpha value is -1.55. The lowest BCUT2D eigenvalue weighted by molar-refractivity contribution is 0.0647. The summed E-state index contributed by atoms with van der Waals surface area (Å²) >= 11 is 1.82. The predicted molar refractivity (Wildman–Crippen MR) is 77.5 cm³/mol. The average molecular weight is 274 g/mol. The van der Waals surface area contributed by atoms with Crippen LogP contribution < -0.4 is 0 Å². The molecule has 3 nitrogen and oxygen atoms in total. The SMILES string of the molecule is CCC1c2ccsc2CCN1C(=O)c1cccn1C. The number of hydrogen-bond acceptors (Lipinski definition) is 2. The zero-order valence-corrected chi connectivity index (χ0v) is 12.1. The van der Waals surface area contributed by atoms with E-state index in [1.807, 2.05) is 46.2 Å². The summed E-state index contributed by atoms with van der Waals surface area (Å²) in [6.45, 7) is 2.98. The Labute approximate surface area is 117 Å². The third-order valence-electron chi connectivity index (χ3n) is 3.91. The minimum Gasteiger partial charge on any atom is -0.347 e. The fourth-order valence-electron chi connectivity index (χ4n) is 2.91. The van der Waals surface area contributed by atoms with E-state index < -0.39 is 0 Å². The van der Waals surface area contributed by atoms with E-state index in [9.17, 15) is 4.79 Å². The van der Waals surface area contributed by atoms with Crippen molar-refractivity contribution in [3.63, 3.8) is 0 Å². The van der Waals surface area contributed by atoms with E-state index in [1.54, 1.807) is 0 Å².